The average Bonchev–Trinajstić information content (AvgIpc) is 2.60. The van der Waals surface area contributed by atoms with Crippen LogP contribution in [0.25, 0.3) is 0 Å². The van der Waals surface area contributed by atoms with Crippen molar-refractivity contribution in [1.82, 2.24) is 10.2 Å². The Hall–Kier alpha value is -1.92. The molecule has 1 heterocycles. The summed E-state index contributed by atoms with van der Waals surface area (Å²) < 4.78 is 9.63. The zero-order chi connectivity index (χ0) is 16.7. The van der Waals surface area contributed by atoms with E-state index in [-0.39, 0.29) is 12.5 Å². The number of piperidine rings is 1. The third-order valence-electron chi connectivity index (χ3n) is 4.20. The Balaban J connectivity index is 2.08. The number of likely N-dealkylation sites (tertiary alicyclic amines) is 1. The lowest BCUT2D eigenvalue weighted by molar-refractivity contribution is -0.152. The molecule has 1 atom stereocenters. The first-order valence-electron chi connectivity index (χ1n) is 7.76. The van der Waals surface area contributed by atoms with Crippen molar-refractivity contribution in [2.45, 2.75) is 24.9 Å². The van der Waals surface area contributed by atoms with Crippen LogP contribution in [0.1, 0.15) is 18.4 Å². The van der Waals surface area contributed by atoms with Gasteiger partial charge in [0, 0.05) is 13.1 Å². The van der Waals surface area contributed by atoms with Gasteiger partial charge in [-0.2, -0.15) is 0 Å². The second-order valence-corrected chi connectivity index (χ2v) is 5.80. The largest absolute Gasteiger partial charge is 0.468 e. The maximum atomic E-state index is 12.3. The van der Waals surface area contributed by atoms with Gasteiger partial charge in [0.25, 0.3) is 0 Å². The third-order valence-corrected chi connectivity index (χ3v) is 4.20. The number of ether oxygens (including phenoxy) is 2. The highest BCUT2D eigenvalue weighted by Crippen LogP contribution is 2.24. The quantitative estimate of drug-likeness (QED) is 0.788. The van der Waals surface area contributed by atoms with Gasteiger partial charge in [-0.15, -0.1) is 0 Å². The highest BCUT2D eigenvalue weighted by Gasteiger charge is 2.43. The molecule has 6 heteroatoms. The molecule has 1 fully saturated rings. The number of methoxy groups -OCH3 is 2. The van der Waals surface area contributed by atoms with Crippen LogP contribution in [0.5, 0.6) is 0 Å². The van der Waals surface area contributed by atoms with Crippen molar-refractivity contribution in [2.75, 3.05) is 33.9 Å². The SMILES string of the molecule is COC(=O)CN[C@@]1(C(=O)OC)CCCN(Cc2ccccc2)C1. The molecule has 0 unspecified atom stereocenters. The van der Waals surface area contributed by atoms with E-state index in [0.717, 1.165) is 19.5 Å². The first-order chi connectivity index (χ1) is 11.1. The van der Waals surface area contributed by atoms with Gasteiger partial charge < -0.3 is 9.47 Å². The molecule has 0 amide bonds. The lowest BCUT2D eigenvalue weighted by Crippen LogP contribution is -2.62. The normalized spacial score (nSPS) is 21.7. The van der Waals surface area contributed by atoms with Crippen LogP contribution >= 0.6 is 0 Å². The summed E-state index contributed by atoms with van der Waals surface area (Å²) in [5.74, 6) is -0.729. The molecule has 1 N–H and O–H groups in total. The third kappa shape index (κ3) is 4.53. The second kappa shape index (κ2) is 8.08. The van der Waals surface area contributed by atoms with Crippen LogP contribution in [0.2, 0.25) is 0 Å². The Morgan fingerprint density at radius 3 is 2.61 bits per heavy atom. The number of nitrogens with zero attached hydrogens (tertiary/aromatic N) is 1. The molecule has 1 saturated heterocycles. The van der Waals surface area contributed by atoms with Gasteiger partial charge in [0.1, 0.15) is 5.54 Å². The van der Waals surface area contributed by atoms with Crippen LogP contribution in [0.15, 0.2) is 30.3 Å². The zero-order valence-electron chi connectivity index (χ0n) is 13.7. The average molecular weight is 320 g/mol. The Kier molecular flexibility index (Phi) is 6.12. The van der Waals surface area contributed by atoms with Gasteiger partial charge >= 0.3 is 11.9 Å². The standard InChI is InChI=1S/C17H24N2O4/c1-22-15(20)11-18-17(16(21)23-2)9-6-10-19(13-17)12-14-7-4-3-5-8-14/h3-5,7-8,18H,6,9-13H2,1-2H3/t17-/m0/s1. The Bertz CT molecular complexity index is 535. The molecule has 126 valence electrons. The van der Waals surface area contributed by atoms with Crippen LogP contribution in [0.3, 0.4) is 0 Å². The summed E-state index contributed by atoms with van der Waals surface area (Å²) in [4.78, 5) is 26.0. The molecule has 1 aliphatic rings. The van der Waals surface area contributed by atoms with E-state index in [0.29, 0.717) is 13.0 Å². The molecule has 23 heavy (non-hydrogen) atoms. The van der Waals surface area contributed by atoms with Gasteiger partial charge in [0.2, 0.25) is 0 Å². The molecular formula is C17H24N2O4. The zero-order valence-corrected chi connectivity index (χ0v) is 13.7. The minimum absolute atomic E-state index is 0.00915. The van der Waals surface area contributed by atoms with Gasteiger partial charge in [-0.25, -0.2) is 0 Å². The maximum Gasteiger partial charge on any atom is 0.327 e. The number of carbonyl (C=O) groups is 2. The summed E-state index contributed by atoms with van der Waals surface area (Å²) in [6.45, 7) is 2.17. The number of rotatable bonds is 6. The maximum absolute atomic E-state index is 12.3. The van der Waals surface area contributed by atoms with Gasteiger partial charge in [0.15, 0.2) is 0 Å². The fourth-order valence-corrected chi connectivity index (χ4v) is 3.01. The summed E-state index contributed by atoms with van der Waals surface area (Å²) in [6.07, 6.45) is 1.50. The van der Waals surface area contributed by atoms with Crippen molar-refractivity contribution < 1.29 is 19.1 Å². The van der Waals surface area contributed by atoms with Crippen LogP contribution in [0, 0.1) is 0 Å². The fraction of sp³-hybridized carbons (Fsp3) is 0.529. The van der Waals surface area contributed by atoms with Gasteiger partial charge in [0.05, 0.1) is 20.8 Å². The van der Waals surface area contributed by atoms with Crippen LogP contribution in [-0.2, 0) is 25.6 Å². The van der Waals surface area contributed by atoms with Gasteiger partial charge in [-0.1, -0.05) is 30.3 Å². The number of carbonyl (C=O) groups excluding carboxylic acids is 2. The number of benzene rings is 1. The van der Waals surface area contributed by atoms with E-state index in [2.05, 4.69) is 27.1 Å². The lowest BCUT2D eigenvalue weighted by atomic mass is 9.88. The molecule has 1 aromatic carbocycles. The van der Waals surface area contributed by atoms with Crippen molar-refractivity contribution >= 4 is 11.9 Å². The second-order valence-electron chi connectivity index (χ2n) is 5.80. The number of nitrogens with one attached hydrogen (secondary N) is 1. The lowest BCUT2D eigenvalue weighted by Gasteiger charge is -2.41. The van der Waals surface area contributed by atoms with E-state index in [9.17, 15) is 9.59 Å². The van der Waals surface area contributed by atoms with Crippen molar-refractivity contribution in [2.24, 2.45) is 0 Å². The Morgan fingerprint density at radius 2 is 1.96 bits per heavy atom. The van der Waals surface area contributed by atoms with Crippen molar-refractivity contribution in [3.05, 3.63) is 35.9 Å². The molecule has 2 rings (SSSR count). The summed E-state index contributed by atoms with van der Waals surface area (Å²) >= 11 is 0. The highest BCUT2D eigenvalue weighted by atomic mass is 16.5. The molecule has 1 aromatic rings. The molecule has 0 bridgehead atoms. The first kappa shape index (κ1) is 17.4. The molecule has 0 saturated carbocycles. The van der Waals surface area contributed by atoms with Gasteiger partial charge in [-0.3, -0.25) is 19.8 Å². The summed E-state index contributed by atoms with van der Waals surface area (Å²) in [6, 6.07) is 10.1. The molecular weight excluding hydrogens is 296 g/mol. The predicted octanol–water partition coefficient (Wildman–Crippen LogP) is 0.957. The van der Waals surface area contributed by atoms with Crippen molar-refractivity contribution in [1.29, 1.82) is 0 Å². The monoisotopic (exact) mass is 320 g/mol. The number of hydrogen-bond donors (Lipinski definition) is 1. The summed E-state index contributed by atoms with van der Waals surface area (Å²) in [5.41, 5.74) is 0.330. The molecule has 1 aliphatic heterocycles. The predicted molar refractivity (Wildman–Crippen MR) is 85.7 cm³/mol. The van der Waals surface area contributed by atoms with E-state index in [4.69, 9.17) is 4.74 Å². The molecule has 0 aromatic heterocycles. The smallest absolute Gasteiger partial charge is 0.327 e. The first-order valence-corrected chi connectivity index (χ1v) is 7.76. The van der Waals surface area contributed by atoms with Gasteiger partial charge in [-0.05, 0) is 24.9 Å². The molecule has 6 nitrogen and oxygen atoms in total. The minimum atomic E-state index is -0.865. The Morgan fingerprint density at radius 1 is 1.22 bits per heavy atom. The molecule has 0 spiro atoms. The van der Waals surface area contributed by atoms with Crippen molar-refractivity contribution in [3.8, 4) is 0 Å². The van der Waals surface area contributed by atoms with E-state index in [1.54, 1.807) is 0 Å². The van der Waals surface area contributed by atoms with E-state index < -0.39 is 11.5 Å². The van der Waals surface area contributed by atoms with E-state index in [1.165, 1.54) is 19.8 Å². The summed E-state index contributed by atoms with van der Waals surface area (Å²) in [7, 11) is 2.71. The van der Waals surface area contributed by atoms with Crippen molar-refractivity contribution in [3.63, 3.8) is 0 Å². The number of hydrogen-bond acceptors (Lipinski definition) is 6. The van der Waals surface area contributed by atoms with Crippen LogP contribution in [-0.4, -0.2) is 56.2 Å². The van der Waals surface area contributed by atoms with Crippen LogP contribution < -0.4 is 5.32 Å². The fourth-order valence-electron chi connectivity index (χ4n) is 3.01. The minimum Gasteiger partial charge on any atom is -0.468 e. The number of esters is 2. The van der Waals surface area contributed by atoms with E-state index >= 15 is 0 Å². The Labute approximate surface area is 136 Å². The molecule has 0 radical (unpaired) electrons. The topological polar surface area (TPSA) is 67.9 Å². The summed E-state index contributed by atoms with van der Waals surface area (Å²) in [5, 5.41) is 3.06. The van der Waals surface area contributed by atoms with Crippen LogP contribution in [0.4, 0.5) is 0 Å². The molecule has 0 aliphatic carbocycles. The highest BCUT2D eigenvalue weighted by molar-refractivity contribution is 5.82. The van der Waals surface area contributed by atoms with E-state index in [1.807, 2.05) is 18.2 Å².